The molecule has 1 heterocycles. The summed E-state index contributed by atoms with van der Waals surface area (Å²) < 4.78 is 4.87. The van der Waals surface area contributed by atoms with Gasteiger partial charge in [0, 0.05) is 12.5 Å². The Balaban J connectivity index is 1.89. The van der Waals surface area contributed by atoms with Crippen LogP contribution in [0.5, 0.6) is 0 Å². The van der Waals surface area contributed by atoms with Crippen LogP contribution in [0, 0.1) is 5.92 Å². The summed E-state index contributed by atoms with van der Waals surface area (Å²) in [4.78, 5) is 24.2. The van der Waals surface area contributed by atoms with E-state index in [9.17, 15) is 9.59 Å². The first kappa shape index (κ1) is 17.8. The van der Waals surface area contributed by atoms with Gasteiger partial charge in [-0.05, 0) is 24.5 Å². The highest BCUT2D eigenvalue weighted by atomic mass is 16.3. The summed E-state index contributed by atoms with van der Waals surface area (Å²) in [7, 11) is 0. The van der Waals surface area contributed by atoms with Gasteiger partial charge in [0.25, 0.3) is 5.91 Å². The molecule has 2 unspecified atom stereocenters. The number of hydrogen-bond donors (Lipinski definition) is 2. The maximum absolute atomic E-state index is 12.3. The molecule has 0 spiro atoms. The van der Waals surface area contributed by atoms with Crippen LogP contribution in [-0.4, -0.2) is 24.4 Å². The van der Waals surface area contributed by atoms with E-state index in [1.54, 1.807) is 13.0 Å². The molecule has 0 aliphatic heterocycles. The van der Waals surface area contributed by atoms with Crippen molar-refractivity contribution in [3.63, 3.8) is 0 Å². The summed E-state index contributed by atoms with van der Waals surface area (Å²) in [6.07, 6.45) is 2.77. The fourth-order valence-electron chi connectivity index (χ4n) is 2.54. The SMILES string of the molecule is CC(NC(=O)c1ccoc1)C(=O)NCC(c1ccccc1)C(C)C. The topological polar surface area (TPSA) is 71.3 Å². The van der Waals surface area contributed by atoms with Gasteiger partial charge in [0.15, 0.2) is 0 Å². The average Bonchev–Trinajstić information content (AvgIpc) is 3.10. The molecule has 0 saturated carbocycles. The second-order valence-electron chi connectivity index (χ2n) is 6.21. The molecule has 5 heteroatoms. The minimum absolute atomic E-state index is 0.201. The standard InChI is InChI=1S/C19H24N2O3/c1-13(2)17(15-7-5-4-6-8-15)11-20-18(22)14(3)21-19(23)16-9-10-24-12-16/h4-10,12-14,17H,11H2,1-3H3,(H,20,22)(H,21,23). The smallest absolute Gasteiger partial charge is 0.255 e. The monoisotopic (exact) mass is 328 g/mol. The number of benzene rings is 1. The number of furan rings is 1. The highest BCUT2D eigenvalue weighted by molar-refractivity contribution is 5.97. The molecule has 2 aromatic rings. The molecule has 2 rings (SSSR count). The molecule has 0 radical (unpaired) electrons. The highest BCUT2D eigenvalue weighted by Crippen LogP contribution is 2.23. The summed E-state index contributed by atoms with van der Waals surface area (Å²) in [5.41, 5.74) is 1.60. The van der Waals surface area contributed by atoms with Crippen molar-refractivity contribution >= 4 is 11.8 Å². The average molecular weight is 328 g/mol. The Bertz CT molecular complexity index is 651. The van der Waals surface area contributed by atoms with Gasteiger partial charge in [0.2, 0.25) is 5.91 Å². The molecular weight excluding hydrogens is 304 g/mol. The van der Waals surface area contributed by atoms with E-state index in [2.05, 4.69) is 36.6 Å². The Labute approximate surface area is 142 Å². The van der Waals surface area contributed by atoms with Crippen molar-refractivity contribution in [3.8, 4) is 0 Å². The van der Waals surface area contributed by atoms with Gasteiger partial charge in [-0.3, -0.25) is 9.59 Å². The van der Waals surface area contributed by atoms with Crippen molar-refractivity contribution < 1.29 is 14.0 Å². The molecule has 0 saturated heterocycles. The molecule has 0 bridgehead atoms. The largest absolute Gasteiger partial charge is 0.472 e. The third-order valence-electron chi connectivity index (χ3n) is 4.05. The summed E-state index contributed by atoms with van der Waals surface area (Å²) in [5.74, 6) is 0.0961. The number of amides is 2. The first-order valence-electron chi connectivity index (χ1n) is 8.14. The van der Waals surface area contributed by atoms with Crippen LogP contribution in [-0.2, 0) is 4.79 Å². The van der Waals surface area contributed by atoms with E-state index in [0.717, 1.165) is 0 Å². The van der Waals surface area contributed by atoms with Crippen LogP contribution in [0.2, 0.25) is 0 Å². The van der Waals surface area contributed by atoms with E-state index in [4.69, 9.17) is 4.42 Å². The Kier molecular flexibility index (Phi) is 6.18. The van der Waals surface area contributed by atoms with Gasteiger partial charge < -0.3 is 15.1 Å². The number of nitrogens with one attached hydrogen (secondary N) is 2. The van der Waals surface area contributed by atoms with E-state index in [0.29, 0.717) is 18.0 Å². The summed E-state index contributed by atoms with van der Waals surface area (Å²) in [6, 6.07) is 11.1. The van der Waals surface area contributed by atoms with Crippen LogP contribution in [0.1, 0.15) is 42.6 Å². The lowest BCUT2D eigenvalue weighted by atomic mass is 9.88. The van der Waals surface area contributed by atoms with Crippen molar-refractivity contribution in [3.05, 3.63) is 60.1 Å². The summed E-state index contributed by atoms with van der Waals surface area (Å²) in [5, 5.41) is 5.60. The van der Waals surface area contributed by atoms with Crippen LogP contribution in [0.15, 0.2) is 53.3 Å². The van der Waals surface area contributed by atoms with Crippen molar-refractivity contribution in [1.29, 1.82) is 0 Å². The van der Waals surface area contributed by atoms with Gasteiger partial charge in [-0.1, -0.05) is 44.2 Å². The lowest BCUT2D eigenvalue weighted by Crippen LogP contribution is -2.46. The molecule has 0 aliphatic rings. The fraction of sp³-hybridized carbons (Fsp3) is 0.368. The Morgan fingerprint density at radius 1 is 1.08 bits per heavy atom. The lowest BCUT2D eigenvalue weighted by Gasteiger charge is -2.23. The van der Waals surface area contributed by atoms with Crippen LogP contribution >= 0.6 is 0 Å². The summed E-state index contributed by atoms with van der Waals surface area (Å²) >= 11 is 0. The predicted octanol–water partition coefficient (Wildman–Crippen LogP) is 2.95. The molecular formula is C19H24N2O3. The van der Waals surface area contributed by atoms with Crippen molar-refractivity contribution in [2.45, 2.75) is 32.7 Å². The van der Waals surface area contributed by atoms with Gasteiger partial charge in [-0.25, -0.2) is 0 Å². The fourth-order valence-corrected chi connectivity index (χ4v) is 2.54. The van der Waals surface area contributed by atoms with Gasteiger partial charge in [0.1, 0.15) is 12.3 Å². The highest BCUT2D eigenvalue weighted by Gasteiger charge is 2.20. The molecule has 0 fully saturated rings. The zero-order valence-corrected chi connectivity index (χ0v) is 14.3. The third kappa shape index (κ3) is 4.72. The maximum Gasteiger partial charge on any atom is 0.255 e. The van der Waals surface area contributed by atoms with E-state index in [1.807, 2.05) is 18.2 Å². The van der Waals surface area contributed by atoms with E-state index in [1.165, 1.54) is 18.1 Å². The molecule has 5 nitrogen and oxygen atoms in total. The van der Waals surface area contributed by atoms with Gasteiger partial charge >= 0.3 is 0 Å². The van der Waals surface area contributed by atoms with Crippen LogP contribution in [0.4, 0.5) is 0 Å². The van der Waals surface area contributed by atoms with Crippen LogP contribution < -0.4 is 10.6 Å². The zero-order chi connectivity index (χ0) is 17.5. The van der Waals surface area contributed by atoms with Gasteiger partial charge in [-0.2, -0.15) is 0 Å². The predicted molar refractivity (Wildman–Crippen MR) is 92.7 cm³/mol. The Morgan fingerprint density at radius 2 is 1.79 bits per heavy atom. The maximum atomic E-state index is 12.3. The number of carbonyl (C=O) groups is 2. The minimum atomic E-state index is -0.615. The lowest BCUT2D eigenvalue weighted by molar-refractivity contribution is -0.122. The number of hydrogen-bond acceptors (Lipinski definition) is 3. The molecule has 1 aromatic carbocycles. The van der Waals surface area contributed by atoms with Crippen molar-refractivity contribution in [2.75, 3.05) is 6.54 Å². The van der Waals surface area contributed by atoms with Crippen molar-refractivity contribution in [1.82, 2.24) is 10.6 Å². The molecule has 1 aromatic heterocycles. The Morgan fingerprint density at radius 3 is 2.38 bits per heavy atom. The first-order chi connectivity index (χ1) is 11.5. The molecule has 24 heavy (non-hydrogen) atoms. The zero-order valence-electron chi connectivity index (χ0n) is 14.3. The normalized spacial score (nSPS) is 13.3. The molecule has 2 atom stereocenters. The van der Waals surface area contributed by atoms with Gasteiger partial charge in [-0.15, -0.1) is 0 Å². The second kappa shape index (κ2) is 8.34. The molecule has 2 amide bonds. The quantitative estimate of drug-likeness (QED) is 0.821. The first-order valence-corrected chi connectivity index (χ1v) is 8.14. The number of carbonyl (C=O) groups excluding carboxylic acids is 2. The van der Waals surface area contributed by atoms with Gasteiger partial charge in [0.05, 0.1) is 11.8 Å². The molecule has 0 aliphatic carbocycles. The summed E-state index contributed by atoms with van der Waals surface area (Å²) in [6.45, 7) is 6.47. The van der Waals surface area contributed by atoms with E-state index >= 15 is 0 Å². The van der Waals surface area contributed by atoms with Crippen LogP contribution in [0.25, 0.3) is 0 Å². The van der Waals surface area contributed by atoms with E-state index < -0.39 is 6.04 Å². The van der Waals surface area contributed by atoms with Crippen LogP contribution in [0.3, 0.4) is 0 Å². The third-order valence-corrected chi connectivity index (χ3v) is 4.05. The van der Waals surface area contributed by atoms with Crippen molar-refractivity contribution in [2.24, 2.45) is 5.92 Å². The minimum Gasteiger partial charge on any atom is -0.472 e. The second-order valence-corrected chi connectivity index (χ2v) is 6.21. The molecule has 128 valence electrons. The van der Waals surface area contributed by atoms with E-state index in [-0.39, 0.29) is 17.7 Å². The Hall–Kier alpha value is -2.56. The molecule has 2 N–H and O–H groups in total. The number of rotatable bonds is 7.